The van der Waals surface area contributed by atoms with Crippen LogP contribution in [0.3, 0.4) is 0 Å². The molecule has 0 unspecified atom stereocenters. The van der Waals surface area contributed by atoms with Crippen LogP contribution in [0.4, 0.5) is 0 Å². The van der Waals surface area contributed by atoms with E-state index in [1.54, 1.807) is 0 Å². The van der Waals surface area contributed by atoms with Gasteiger partial charge in [0.25, 0.3) is 0 Å². The van der Waals surface area contributed by atoms with E-state index in [-0.39, 0.29) is 0 Å². The zero-order valence-electron chi connectivity index (χ0n) is 43.0. The van der Waals surface area contributed by atoms with E-state index in [2.05, 4.69) is 25.8 Å². The lowest BCUT2D eigenvalue weighted by atomic mass is 10.0. The maximum Gasteiger partial charge on any atom is -0.00218 e. The van der Waals surface area contributed by atoms with Crippen LogP contribution in [-0.2, 0) is 0 Å². The Bertz CT molecular complexity index is 643. The number of unbranched alkanes of at least 4 members (excludes halogenated alkanes) is 52. The van der Waals surface area contributed by atoms with Crippen LogP contribution in [0.15, 0.2) is 0 Å². The zero-order chi connectivity index (χ0) is 43.2. The molecule has 1 heteroatoms. The molecule has 0 aliphatic rings. The molecule has 0 amide bonds. The summed E-state index contributed by atoms with van der Waals surface area (Å²) >= 11 is 0. The van der Waals surface area contributed by atoms with Crippen molar-refractivity contribution in [2.45, 2.75) is 361 Å². The molecule has 1 nitrogen and oxygen atoms in total. The largest absolute Gasteiger partial charge is 0.306 e. The molecule has 0 aromatic heterocycles. The molecule has 0 aliphatic heterocycles. The Kier molecular flexibility index (Phi) is 56.9. The third-order valence-electron chi connectivity index (χ3n) is 14.3. The van der Waals surface area contributed by atoms with E-state index in [1.165, 1.54) is 360 Å². The summed E-state index contributed by atoms with van der Waals surface area (Å²) in [6.07, 6.45) is 79.8. The topological polar surface area (TPSA) is 3.24 Å². The van der Waals surface area contributed by atoms with Gasteiger partial charge in [0.2, 0.25) is 0 Å². The molecule has 0 saturated heterocycles. The highest BCUT2D eigenvalue weighted by atomic mass is 15.1. The molecule has 0 aliphatic carbocycles. The second kappa shape index (κ2) is 57.0. The van der Waals surface area contributed by atoms with E-state index in [0.717, 1.165) is 0 Å². The first-order chi connectivity index (χ1) is 29.8. The van der Waals surface area contributed by atoms with Crippen LogP contribution in [0.25, 0.3) is 0 Å². The molecule has 0 rings (SSSR count). The summed E-state index contributed by atoms with van der Waals surface area (Å²) in [5, 5.41) is 0. The van der Waals surface area contributed by atoms with Gasteiger partial charge in [0, 0.05) is 0 Å². The van der Waals surface area contributed by atoms with E-state index in [0.29, 0.717) is 0 Å². The van der Waals surface area contributed by atoms with Gasteiger partial charge in [-0.25, -0.2) is 0 Å². The summed E-state index contributed by atoms with van der Waals surface area (Å²) < 4.78 is 0. The molecule has 0 N–H and O–H groups in total. The van der Waals surface area contributed by atoms with Crippen molar-refractivity contribution in [3.05, 3.63) is 0 Å². The summed E-state index contributed by atoms with van der Waals surface area (Å²) in [5.41, 5.74) is 0. The molecular weight excluding hydrogens is 723 g/mol. The Morgan fingerprint density at radius 1 is 0.150 bits per heavy atom. The van der Waals surface area contributed by atoms with Gasteiger partial charge in [-0.1, -0.05) is 348 Å². The Balaban J connectivity index is 3.14. The van der Waals surface area contributed by atoms with Gasteiger partial charge < -0.3 is 4.90 Å². The first-order valence-electron chi connectivity index (χ1n) is 29.5. The fraction of sp³-hybridized carbons (Fsp3) is 1.00. The summed E-state index contributed by atoms with van der Waals surface area (Å²) in [5.74, 6) is 0. The number of hydrogen-bond acceptors (Lipinski definition) is 1. The molecule has 362 valence electrons. The van der Waals surface area contributed by atoms with Crippen molar-refractivity contribution in [1.29, 1.82) is 0 Å². The van der Waals surface area contributed by atoms with Gasteiger partial charge in [-0.2, -0.15) is 0 Å². The predicted octanol–water partition coefficient (Wildman–Crippen LogP) is 22.0. The van der Waals surface area contributed by atoms with E-state index in [1.807, 2.05) is 0 Å². The van der Waals surface area contributed by atoms with Gasteiger partial charge in [0.15, 0.2) is 0 Å². The molecule has 0 atom stereocenters. The highest BCUT2D eigenvalue weighted by Crippen LogP contribution is 2.19. The number of nitrogens with zero attached hydrogens (tertiary/aromatic N) is 1. The van der Waals surface area contributed by atoms with Crippen LogP contribution >= 0.6 is 0 Å². The Morgan fingerprint density at radius 2 is 0.250 bits per heavy atom. The van der Waals surface area contributed by atoms with Crippen molar-refractivity contribution in [3.63, 3.8) is 0 Å². The van der Waals surface area contributed by atoms with Crippen LogP contribution in [-0.4, -0.2) is 25.0 Å². The fourth-order valence-corrected chi connectivity index (χ4v) is 9.86. The van der Waals surface area contributed by atoms with Crippen LogP contribution in [0, 0.1) is 0 Å². The normalized spacial score (nSPS) is 11.8. The summed E-state index contributed by atoms with van der Waals surface area (Å²) in [6, 6.07) is 0. The average Bonchev–Trinajstić information content (AvgIpc) is 3.25. The first kappa shape index (κ1) is 60.0. The van der Waals surface area contributed by atoms with E-state index in [4.69, 9.17) is 0 Å². The van der Waals surface area contributed by atoms with Gasteiger partial charge in [0.05, 0.1) is 0 Å². The van der Waals surface area contributed by atoms with Crippen molar-refractivity contribution < 1.29 is 0 Å². The standard InChI is InChI=1S/C59H121N/c1-4-6-8-10-12-14-16-18-20-22-24-26-28-30-32-34-36-38-40-42-44-46-48-50-52-54-56-58-60(3)59-57-55-53-51-49-47-45-43-41-39-37-35-33-31-29-27-25-23-21-19-17-15-13-11-9-7-5-2/h4-59H2,1-3H3. The Morgan fingerprint density at radius 3 is 0.367 bits per heavy atom. The van der Waals surface area contributed by atoms with Crippen LogP contribution in [0.5, 0.6) is 0 Å². The van der Waals surface area contributed by atoms with Crippen LogP contribution in [0.1, 0.15) is 361 Å². The lowest BCUT2D eigenvalue weighted by Crippen LogP contribution is -2.20. The summed E-state index contributed by atoms with van der Waals surface area (Å²) in [4.78, 5) is 2.61. The van der Waals surface area contributed by atoms with Crippen LogP contribution < -0.4 is 0 Å². The molecule has 60 heavy (non-hydrogen) atoms. The first-order valence-corrected chi connectivity index (χ1v) is 29.5. The van der Waals surface area contributed by atoms with Crippen molar-refractivity contribution in [1.82, 2.24) is 4.90 Å². The summed E-state index contributed by atoms with van der Waals surface area (Å²) in [6.45, 7) is 7.26. The maximum absolute atomic E-state index is 2.61. The average molecular weight is 845 g/mol. The quantitative estimate of drug-likeness (QED) is 0.0552. The van der Waals surface area contributed by atoms with Gasteiger partial charge in [-0.3, -0.25) is 0 Å². The Labute approximate surface area is 384 Å². The minimum atomic E-state index is 1.32. The number of hydrogen-bond donors (Lipinski definition) is 0. The van der Waals surface area contributed by atoms with Gasteiger partial charge in [0.1, 0.15) is 0 Å². The molecule has 0 aromatic carbocycles. The molecule has 0 heterocycles. The van der Waals surface area contributed by atoms with Gasteiger partial charge in [-0.05, 0) is 33.0 Å². The van der Waals surface area contributed by atoms with Crippen molar-refractivity contribution in [2.75, 3.05) is 20.1 Å². The van der Waals surface area contributed by atoms with E-state index >= 15 is 0 Å². The van der Waals surface area contributed by atoms with Crippen LogP contribution in [0.2, 0.25) is 0 Å². The second-order valence-electron chi connectivity index (χ2n) is 20.7. The molecule has 0 fully saturated rings. The van der Waals surface area contributed by atoms with Crippen molar-refractivity contribution in [3.8, 4) is 0 Å². The van der Waals surface area contributed by atoms with Crippen molar-refractivity contribution >= 4 is 0 Å². The third kappa shape index (κ3) is 56.0. The SMILES string of the molecule is CCCCCCCCCCCCCCCCCCCCCCCCCCCCCN(C)CCCCCCCCCCCCCCCCCCCCCCCCCCCCC. The minimum absolute atomic E-state index is 1.32. The Hall–Kier alpha value is -0.0400. The fourth-order valence-electron chi connectivity index (χ4n) is 9.86. The molecule has 0 radical (unpaired) electrons. The lowest BCUT2D eigenvalue weighted by molar-refractivity contribution is 0.314. The van der Waals surface area contributed by atoms with Crippen molar-refractivity contribution in [2.24, 2.45) is 0 Å². The highest BCUT2D eigenvalue weighted by molar-refractivity contribution is 4.57. The van der Waals surface area contributed by atoms with Gasteiger partial charge >= 0.3 is 0 Å². The molecule has 0 saturated carbocycles. The third-order valence-corrected chi connectivity index (χ3v) is 14.3. The second-order valence-corrected chi connectivity index (χ2v) is 20.7. The lowest BCUT2D eigenvalue weighted by Gasteiger charge is -2.16. The maximum atomic E-state index is 2.61. The molecule has 0 aromatic rings. The molecular formula is C59H121N. The monoisotopic (exact) mass is 844 g/mol. The predicted molar refractivity (Wildman–Crippen MR) is 278 cm³/mol. The number of rotatable bonds is 56. The minimum Gasteiger partial charge on any atom is -0.306 e. The zero-order valence-corrected chi connectivity index (χ0v) is 43.0. The smallest absolute Gasteiger partial charge is 0.00218 e. The van der Waals surface area contributed by atoms with E-state index in [9.17, 15) is 0 Å². The highest BCUT2D eigenvalue weighted by Gasteiger charge is 2.01. The van der Waals surface area contributed by atoms with Gasteiger partial charge in [-0.15, -0.1) is 0 Å². The molecule has 0 bridgehead atoms. The summed E-state index contributed by atoms with van der Waals surface area (Å²) in [7, 11) is 2.36. The molecule has 0 spiro atoms. The van der Waals surface area contributed by atoms with E-state index < -0.39 is 0 Å².